The Morgan fingerprint density at radius 2 is 2.33 bits per heavy atom. The van der Waals surface area contributed by atoms with Gasteiger partial charge in [0.05, 0.1) is 0 Å². The highest BCUT2D eigenvalue weighted by molar-refractivity contribution is 5.50. The van der Waals surface area contributed by atoms with Crippen molar-refractivity contribution in [3.05, 3.63) is 18.1 Å². The molecule has 2 rings (SSSR count). The van der Waals surface area contributed by atoms with Gasteiger partial charge in [0, 0.05) is 31.5 Å². The fraction of sp³-hybridized carbons (Fsp3) is 0.500. The molecule has 0 radical (unpaired) electrons. The van der Waals surface area contributed by atoms with E-state index in [1.165, 1.54) is 0 Å². The van der Waals surface area contributed by atoms with E-state index in [0.29, 0.717) is 17.6 Å². The number of nitriles is 1. The molecule has 1 aromatic rings. The Balaban J connectivity index is 2.20. The van der Waals surface area contributed by atoms with Gasteiger partial charge in [-0.15, -0.1) is 0 Å². The summed E-state index contributed by atoms with van der Waals surface area (Å²) in [6.07, 6.45) is 4.26. The molecule has 2 heterocycles. The molecular formula is C10H13N5. The lowest BCUT2D eigenvalue weighted by Crippen LogP contribution is -2.30. The van der Waals surface area contributed by atoms with Crippen LogP contribution >= 0.6 is 0 Å². The van der Waals surface area contributed by atoms with E-state index in [4.69, 9.17) is 5.26 Å². The zero-order valence-corrected chi connectivity index (χ0v) is 8.64. The minimum Gasteiger partial charge on any atom is -0.353 e. The van der Waals surface area contributed by atoms with Crippen molar-refractivity contribution in [3.63, 3.8) is 0 Å². The summed E-state index contributed by atoms with van der Waals surface area (Å²) in [6.45, 7) is 1.82. The van der Waals surface area contributed by atoms with Crippen molar-refractivity contribution in [1.29, 1.82) is 5.26 Å². The second-order valence-corrected chi connectivity index (χ2v) is 3.56. The van der Waals surface area contributed by atoms with Gasteiger partial charge >= 0.3 is 0 Å². The first-order chi connectivity index (χ1) is 7.35. The SMILES string of the molecule is CNC1CCN(c2nccnc2C#N)C1. The normalized spacial score (nSPS) is 20.3. The number of nitrogens with one attached hydrogen (secondary N) is 1. The third-order valence-electron chi connectivity index (χ3n) is 2.68. The molecular weight excluding hydrogens is 190 g/mol. The molecule has 1 aliphatic heterocycles. The molecule has 78 valence electrons. The molecule has 1 fully saturated rings. The standard InChI is InChI=1S/C10H13N5/c1-12-8-2-5-15(7-8)10-9(6-11)13-3-4-14-10/h3-4,8,12H,2,5,7H2,1H3. The second-order valence-electron chi connectivity index (χ2n) is 3.56. The van der Waals surface area contributed by atoms with E-state index < -0.39 is 0 Å². The van der Waals surface area contributed by atoms with Gasteiger partial charge in [0.2, 0.25) is 0 Å². The maximum atomic E-state index is 8.91. The summed E-state index contributed by atoms with van der Waals surface area (Å²) in [6, 6.07) is 2.55. The lowest BCUT2D eigenvalue weighted by molar-refractivity contribution is 0.616. The smallest absolute Gasteiger partial charge is 0.183 e. The molecule has 0 spiro atoms. The Labute approximate surface area is 88.8 Å². The number of nitrogens with zero attached hydrogens (tertiary/aromatic N) is 4. The minimum atomic E-state index is 0.411. The van der Waals surface area contributed by atoms with Crippen LogP contribution < -0.4 is 10.2 Å². The van der Waals surface area contributed by atoms with Gasteiger partial charge in [-0.25, -0.2) is 9.97 Å². The molecule has 1 N–H and O–H groups in total. The van der Waals surface area contributed by atoms with E-state index in [9.17, 15) is 0 Å². The van der Waals surface area contributed by atoms with Gasteiger partial charge in [0.15, 0.2) is 11.5 Å². The quantitative estimate of drug-likeness (QED) is 0.741. The monoisotopic (exact) mass is 203 g/mol. The molecule has 1 aliphatic rings. The van der Waals surface area contributed by atoms with Crippen LogP contribution in [0, 0.1) is 11.3 Å². The van der Waals surface area contributed by atoms with Gasteiger partial charge in [-0.05, 0) is 13.5 Å². The molecule has 0 aliphatic carbocycles. The molecule has 5 nitrogen and oxygen atoms in total. The Morgan fingerprint density at radius 3 is 3.00 bits per heavy atom. The molecule has 1 aromatic heterocycles. The van der Waals surface area contributed by atoms with Crippen LogP contribution in [0.1, 0.15) is 12.1 Å². The van der Waals surface area contributed by atoms with Crippen molar-refractivity contribution in [2.75, 3.05) is 25.0 Å². The van der Waals surface area contributed by atoms with Crippen molar-refractivity contribution in [3.8, 4) is 6.07 Å². The lowest BCUT2D eigenvalue weighted by Gasteiger charge is -2.17. The number of rotatable bonds is 2. The second kappa shape index (κ2) is 4.24. The first-order valence-corrected chi connectivity index (χ1v) is 4.98. The Hall–Kier alpha value is -1.67. The zero-order chi connectivity index (χ0) is 10.7. The maximum absolute atomic E-state index is 8.91. The topological polar surface area (TPSA) is 64.8 Å². The Kier molecular flexibility index (Phi) is 2.79. The van der Waals surface area contributed by atoms with E-state index in [0.717, 1.165) is 19.5 Å². The fourth-order valence-corrected chi connectivity index (χ4v) is 1.83. The number of hydrogen-bond acceptors (Lipinski definition) is 5. The summed E-state index contributed by atoms with van der Waals surface area (Å²) in [5.41, 5.74) is 0.411. The Morgan fingerprint density at radius 1 is 1.53 bits per heavy atom. The van der Waals surface area contributed by atoms with Crippen LogP contribution in [0.4, 0.5) is 5.82 Å². The van der Waals surface area contributed by atoms with E-state index in [1.54, 1.807) is 12.4 Å². The van der Waals surface area contributed by atoms with Crippen LogP contribution in [0.25, 0.3) is 0 Å². The highest BCUT2D eigenvalue weighted by Crippen LogP contribution is 2.19. The number of likely N-dealkylation sites (N-methyl/N-ethyl adjacent to an activating group) is 1. The van der Waals surface area contributed by atoms with E-state index in [2.05, 4.69) is 26.3 Å². The zero-order valence-electron chi connectivity index (χ0n) is 8.64. The van der Waals surface area contributed by atoms with E-state index in [-0.39, 0.29) is 0 Å². The maximum Gasteiger partial charge on any atom is 0.183 e. The molecule has 0 aromatic carbocycles. The van der Waals surface area contributed by atoms with Gasteiger partial charge in [0.1, 0.15) is 6.07 Å². The fourth-order valence-electron chi connectivity index (χ4n) is 1.83. The first kappa shape index (κ1) is 9.87. The van der Waals surface area contributed by atoms with Crippen LogP contribution in [0.3, 0.4) is 0 Å². The van der Waals surface area contributed by atoms with Crippen molar-refractivity contribution < 1.29 is 0 Å². The third-order valence-corrected chi connectivity index (χ3v) is 2.68. The molecule has 1 atom stereocenters. The number of hydrogen-bond donors (Lipinski definition) is 1. The highest BCUT2D eigenvalue weighted by atomic mass is 15.2. The van der Waals surface area contributed by atoms with Crippen LogP contribution in [-0.4, -0.2) is 36.1 Å². The van der Waals surface area contributed by atoms with E-state index in [1.807, 2.05) is 7.05 Å². The summed E-state index contributed by atoms with van der Waals surface area (Å²) in [5, 5.41) is 12.1. The molecule has 1 saturated heterocycles. The number of aromatic nitrogens is 2. The molecule has 0 bridgehead atoms. The number of anilines is 1. The van der Waals surface area contributed by atoms with Crippen molar-refractivity contribution in [2.45, 2.75) is 12.5 Å². The highest BCUT2D eigenvalue weighted by Gasteiger charge is 2.24. The van der Waals surface area contributed by atoms with Gasteiger partial charge in [0.25, 0.3) is 0 Å². The predicted octanol–water partition coefficient (Wildman–Crippen LogP) is 0.146. The van der Waals surface area contributed by atoms with Gasteiger partial charge in [-0.2, -0.15) is 5.26 Å². The van der Waals surface area contributed by atoms with Gasteiger partial charge < -0.3 is 10.2 Å². The summed E-state index contributed by atoms with van der Waals surface area (Å²) >= 11 is 0. The average molecular weight is 203 g/mol. The van der Waals surface area contributed by atoms with Gasteiger partial charge in [-0.1, -0.05) is 0 Å². The molecule has 15 heavy (non-hydrogen) atoms. The Bertz CT molecular complexity index is 384. The minimum absolute atomic E-state index is 0.411. The van der Waals surface area contributed by atoms with Crippen LogP contribution in [0.5, 0.6) is 0 Å². The molecule has 1 unspecified atom stereocenters. The van der Waals surface area contributed by atoms with Gasteiger partial charge in [-0.3, -0.25) is 0 Å². The van der Waals surface area contributed by atoms with Crippen molar-refractivity contribution >= 4 is 5.82 Å². The third kappa shape index (κ3) is 1.90. The first-order valence-electron chi connectivity index (χ1n) is 4.98. The lowest BCUT2D eigenvalue weighted by atomic mass is 10.3. The largest absolute Gasteiger partial charge is 0.353 e. The summed E-state index contributed by atoms with van der Waals surface area (Å²) in [7, 11) is 1.95. The average Bonchev–Trinajstić information content (AvgIpc) is 2.77. The molecule has 0 saturated carbocycles. The summed E-state index contributed by atoms with van der Waals surface area (Å²) in [5.74, 6) is 0.706. The van der Waals surface area contributed by atoms with Crippen molar-refractivity contribution in [2.24, 2.45) is 0 Å². The predicted molar refractivity (Wildman–Crippen MR) is 56.4 cm³/mol. The molecule has 0 amide bonds. The van der Waals surface area contributed by atoms with Crippen LogP contribution in [0.15, 0.2) is 12.4 Å². The molecule has 5 heteroatoms. The summed E-state index contributed by atoms with van der Waals surface area (Å²) < 4.78 is 0. The van der Waals surface area contributed by atoms with Crippen LogP contribution in [-0.2, 0) is 0 Å². The summed E-state index contributed by atoms with van der Waals surface area (Å²) in [4.78, 5) is 10.3. The van der Waals surface area contributed by atoms with Crippen molar-refractivity contribution in [1.82, 2.24) is 15.3 Å². The van der Waals surface area contributed by atoms with E-state index >= 15 is 0 Å². The van der Waals surface area contributed by atoms with Crippen LogP contribution in [0.2, 0.25) is 0 Å².